The van der Waals surface area contributed by atoms with Crippen LogP contribution in [0.25, 0.3) is 0 Å². The van der Waals surface area contributed by atoms with Gasteiger partial charge in [-0.2, -0.15) is 0 Å². The summed E-state index contributed by atoms with van der Waals surface area (Å²) in [5.41, 5.74) is -0.343. The summed E-state index contributed by atoms with van der Waals surface area (Å²) >= 11 is 0. The molecule has 92 valence electrons. The van der Waals surface area contributed by atoms with Crippen molar-refractivity contribution in [3.63, 3.8) is 0 Å². The van der Waals surface area contributed by atoms with Gasteiger partial charge in [0.15, 0.2) is 0 Å². The van der Waals surface area contributed by atoms with E-state index in [-0.39, 0.29) is 23.8 Å². The van der Waals surface area contributed by atoms with E-state index in [0.717, 1.165) is 13.0 Å². The lowest BCUT2D eigenvalue weighted by Crippen LogP contribution is -2.47. The SMILES string of the molecule is CCN(CC(=O)NC)C(=O)C1(C)CCNC1. The van der Waals surface area contributed by atoms with Gasteiger partial charge in [-0.1, -0.05) is 0 Å². The van der Waals surface area contributed by atoms with Crippen LogP contribution >= 0.6 is 0 Å². The Labute approximate surface area is 96.6 Å². The quantitative estimate of drug-likeness (QED) is 0.686. The minimum atomic E-state index is -0.343. The summed E-state index contributed by atoms with van der Waals surface area (Å²) in [7, 11) is 1.58. The summed E-state index contributed by atoms with van der Waals surface area (Å²) in [5.74, 6) is -0.0478. The zero-order valence-corrected chi connectivity index (χ0v) is 10.3. The van der Waals surface area contributed by atoms with Crippen LogP contribution in [0.1, 0.15) is 20.3 Å². The number of rotatable bonds is 4. The zero-order chi connectivity index (χ0) is 12.2. The molecule has 5 heteroatoms. The first-order valence-electron chi connectivity index (χ1n) is 5.74. The third kappa shape index (κ3) is 2.72. The molecule has 0 aromatic carbocycles. The zero-order valence-electron chi connectivity index (χ0n) is 10.3. The maximum Gasteiger partial charge on any atom is 0.239 e. The summed E-state index contributed by atoms with van der Waals surface area (Å²) in [6, 6.07) is 0. The fourth-order valence-corrected chi connectivity index (χ4v) is 1.96. The molecular formula is C11H21N3O2. The fraction of sp³-hybridized carbons (Fsp3) is 0.818. The predicted molar refractivity (Wildman–Crippen MR) is 61.9 cm³/mol. The van der Waals surface area contributed by atoms with E-state index in [2.05, 4.69) is 10.6 Å². The Morgan fingerprint density at radius 3 is 2.62 bits per heavy atom. The molecule has 1 aliphatic rings. The molecule has 1 aliphatic heterocycles. The van der Waals surface area contributed by atoms with E-state index in [1.165, 1.54) is 0 Å². The van der Waals surface area contributed by atoms with Crippen LogP contribution in [0.2, 0.25) is 0 Å². The van der Waals surface area contributed by atoms with E-state index >= 15 is 0 Å². The average Bonchev–Trinajstić information content (AvgIpc) is 2.73. The predicted octanol–water partition coefficient (Wildman–Crippen LogP) is -0.419. The second-order valence-corrected chi connectivity index (χ2v) is 4.48. The van der Waals surface area contributed by atoms with Crippen molar-refractivity contribution in [3.8, 4) is 0 Å². The van der Waals surface area contributed by atoms with Crippen LogP contribution in [0.3, 0.4) is 0 Å². The van der Waals surface area contributed by atoms with Crippen molar-refractivity contribution in [2.75, 3.05) is 33.2 Å². The van der Waals surface area contributed by atoms with E-state index in [9.17, 15) is 9.59 Å². The van der Waals surface area contributed by atoms with Crippen LogP contribution in [-0.4, -0.2) is 49.9 Å². The van der Waals surface area contributed by atoms with Gasteiger partial charge in [0.05, 0.1) is 12.0 Å². The van der Waals surface area contributed by atoms with Crippen molar-refractivity contribution in [1.29, 1.82) is 0 Å². The molecule has 1 unspecified atom stereocenters. The summed E-state index contributed by atoms with van der Waals surface area (Å²) in [6.45, 7) is 6.16. The number of carbonyl (C=O) groups is 2. The van der Waals surface area contributed by atoms with Gasteiger partial charge in [0.2, 0.25) is 11.8 Å². The van der Waals surface area contributed by atoms with Crippen LogP contribution in [0.4, 0.5) is 0 Å². The number of nitrogens with zero attached hydrogens (tertiary/aromatic N) is 1. The Balaban J connectivity index is 2.65. The summed E-state index contributed by atoms with van der Waals surface area (Å²) in [4.78, 5) is 25.2. The first-order valence-corrected chi connectivity index (χ1v) is 5.74. The molecule has 5 nitrogen and oxygen atoms in total. The lowest BCUT2D eigenvalue weighted by molar-refractivity contribution is -0.143. The molecule has 1 atom stereocenters. The van der Waals surface area contributed by atoms with Crippen LogP contribution in [0.15, 0.2) is 0 Å². The highest BCUT2D eigenvalue weighted by Gasteiger charge is 2.39. The molecule has 0 aromatic heterocycles. The molecule has 0 radical (unpaired) electrons. The van der Waals surface area contributed by atoms with Crippen molar-refractivity contribution < 1.29 is 9.59 Å². The van der Waals surface area contributed by atoms with Gasteiger partial charge < -0.3 is 15.5 Å². The third-order valence-corrected chi connectivity index (χ3v) is 3.17. The Hall–Kier alpha value is -1.10. The lowest BCUT2D eigenvalue weighted by atomic mass is 9.88. The van der Waals surface area contributed by atoms with Gasteiger partial charge in [-0.05, 0) is 26.8 Å². The molecule has 0 aromatic rings. The van der Waals surface area contributed by atoms with Crippen molar-refractivity contribution in [2.24, 2.45) is 5.41 Å². The Morgan fingerprint density at radius 2 is 2.19 bits per heavy atom. The third-order valence-electron chi connectivity index (χ3n) is 3.17. The largest absolute Gasteiger partial charge is 0.358 e. The van der Waals surface area contributed by atoms with E-state index in [0.29, 0.717) is 13.1 Å². The highest BCUT2D eigenvalue weighted by Crippen LogP contribution is 2.26. The maximum atomic E-state index is 12.3. The van der Waals surface area contributed by atoms with E-state index in [1.54, 1.807) is 11.9 Å². The van der Waals surface area contributed by atoms with Gasteiger partial charge in [0.1, 0.15) is 0 Å². The van der Waals surface area contributed by atoms with Gasteiger partial charge in [-0.25, -0.2) is 0 Å². The molecule has 1 rings (SSSR count). The first-order chi connectivity index (χ1) is 7.53. The molecule has 1 fully saturated rings. The molecule has 1 saturated heterocycles. The van der Waals surface area contributed by atoms with Crippen LogP contribution < -0.4 is 10.6 Å². The van der Waals surface area contributed by atoms with E-state index in [4.69, 9.17) is 0 Å². The highest BCUT2D eigenvalue weighted by atomic mass is 16.2. The Bertz CT molecular complexity index is 272. The number of likely N-dealkylation sites (N-methyl/N-ethyl adjacent to an activating group) is 2. The number of amides is 2. The van der Waals surface area contributed by atoms with Crippen LogP contribution in [0.5, 0.6) is 0 Å². The topological polar surface area (TPSA) is 61.4 Å². The van der Waals surface area contributed by atoms with Gasteiger partial charge in [-0.3, -0.25) is 9.59 Å². The van der Waals surface area contributed by atoms with Gasteiger partial charge in [0, 0.05) is 20.1 Å². The second-order valence-electron chi connectivity index (χ2n) is 4.48. The maximum absolute atomic E-state index is 12.3. The normalized spacial score (nSPS) is 24.2. The molecule has 1 heterocycles. The van der Waals surface area contributed by atoms with Gasteiger partial charge >= 0.3 is 0 Å². The molecule has 16 heavy (non-hydrogen) atoms. The molecule has 2 N–H and O–H groups in total. The molecule has 2 amide bonds. The smallest absolute Gasteiger partial charge is 0.239 e. The average molecular weight is 227 g/mol. The monoisotopic (exact) mass is 227 g/mol. The van der Waals surface area contributed by atoms with Crippen LogP contribution in [-0.2, 0) is 9.59 Å². The van der Waals surface area contributed by atoms with Crippen molar-refractivity contribution >= 4 is 11.8 Å². The summed E-state index contributed by atoms with van der Waals surface area (Å²) < 4.78 is 0. The molecule has 0 spiro atoms. The Morgan fingerprint density at radius 1 is 1.50 bits per heavy atom. The summed E-state index contributed by atoms with van der Waals surface area (Å²) in [5, 5.41) is 5.73. The van der Waals surface area contributed by atoms with Crippen molar-refractivity contribution in [1.82, 2.24) is 15.5 Å². The number of hydrogen-bond donors (Lipinski definition) is 2. The molecule has 0 aliphatic carbocycles. The minimum Gasteiger partial charge on any atom is -0.358 e. The van der Waals surface area contributed by atoms with Crippen LogP contribution in [0, 0.1) is 5.41 Å². The number of nitrogens with one attached hydrogen (secondary N) is 2. The molecule has 0 bridgehead atoms. The van der Waals surface area contributed by atoms with Crippen molar-refractivity contribution in [3.05, 3.63) is 0 Å². The highest BCUT2D eigenvalue weighted by molar-refractivity contribution is 5.88. The fourth-order valence-electron chi connectivity index (χ4n) is 1.96. The standard InChI is InChI=1S/C11H21N3O2/c1-4-14(7-9(15)12-3)10(16)11(2)5-6-13-8-11/h13H,4-8H2,1-3H3,(H,12,15). The second kappa shape index (κ2) is 5.30. The molecular weight excluding hydrogens is 206 g/mol. The Kier molecular flexibility index (Phi) is 4.29. The van der Waals surface area contributed by atoms with Gasteiger partial charge in [-0.15, -0.1) is 0 Å². The van der Waals surface area contributed by atoms with E-state index in [1.807, 2.05) is 13.8 Å². The number of hydrogen-bond acceptors (Lipinski definition) is 3. The lowest BCUT2D eigenvalue weighted by Gasteiger charge is -2.29. The van der Waals surface area contributed by atoms with Crippen molar-refractivity contribution in [2.45, 2.75) is 20.3 Å². The van der Waals surface area contributed by atoms with E-state index < -0.39 is 0 Å². The molecule has 0 saturated carbocycles. The number of carbonyl (C=O) groups excluding carboxylic acids is 2. The first kappa shape index (κ1) is 13.0. The summed E-state index contributed by atoms with van der Waals surface area (Å²) in [6.07, 6.45) is 0.843. The minimum absolute atomic E-state index is 0.0728. The van der Waals surface area contributed by atoms with Gasteiger partial charge in [0.25, 0.3) is 0 Å².